The Morgan fingerprint density at radius 2 is 2.18 bits per heavy atom. The standard InChI is InChI=1S/C20H19N5O3/c1-12-17-14(19(26)22-11-13-6-4-8-21-20(13)27-3)10-15(16-7-5-9-28-16)23-18(17)25(2)24-12/h4-10H,11H2,1-3H3,(H,22,26). The molecule has 0 fully saturated rings. The molecule has 8 nitrogen and oxygen atoms in total. The largest absolute Gasteiger partial charge is 0.481 e. The number of hydrogen-bond acceptors (Lipinski definition) is 6. The van der Waals surface area contributed by atoms with Crippen molar-refractivity contribution in [3.05, 3.63) is 59.6 Å². The molecular formula is C20H19N5O3. The Kier molecular flexibility index (Phi) is 4.52. The van der Waals surface area contributed by atoms with E-state index in [9.17, 15) is 4.79 Å². The number of carbonyl (C=O) groups is 1. The first-order valence-electron chi connectivity index (χ1n) is 8.72. The van der Waals surface area contributed by atoms with E-state index >= 15 is 0 Å². The zero-order valence-electron chi connectivity index (χ0n) is 15.8. The van der Waals surface area contributed by atoms with Gasteiger partial charge in [-0.3, -0.25) is 9.48 Å². The molecule has 4 rings (SSSR count). The minimum Gasteiger partial charge on any atom is -0.481 e. The van der Waals surface area contributed by atoms with E-state index in [1.807, 2.05) is 13.0 Å². The molecule has 1 amide bonds. The Morgan fingerprint density at radius 1 is 1.32 bits per heavy atom. The van der Waals surface area contributed by atoms with E-state index < -0.39 is 0 Å². The Morgan fingerprint density at radius 3 is 2.93 bits per heavy atom. The van der Waals surface area contributed by atoms with E-state index in [-0.39, 0.29) is 12.5 Å². The van der Waals surface area contributed by atoms with Gasteiger partial charge in [-0.25, -0.2) is 9.97 Å². The van der Waals surface area contributed by atoms with Crippen LogP contribution in [0.4, 0.5) is 0 Å². The van der Waals surface area contributed by atoms with Gasteiger partial charge in [0.1, 0.15) is 5.69 Å². The second-order valence-electron chi connectivity index (χ2n) is 6.29. The van der Waals surface area contributed by atoms with Gasteiger partial charge in [-0.2, -0.15) is 5.10 Å². The summed E-state index contributed by atoms with van der Waals surface area (Å²) in [4.78, 5) is 21.8. The van der Waals surface area contributed by atoms with Gasteiger partial charge in [-0.05, 0) is 31.2 Å². The third kappa shape index (κ3) is 3.09. The maximum atomic E-state index is 13.0. The molecule has 0 atom stereocenters. The van der Waals surface area contributed by atoms with Gasteiger partial charge >= 0.3 is 0 Å². The van der Waals surface area contributed by atoms with Crippen molar-refractivity contribution in [1.29, 1.82) is 0 Å². The molecule has 4 aromatic heterocycles. The lowest BCUT2D eigenvalue weighted by Crippen LogP contribution is -2.23. The molecule has 1 N–H and O–H groups in total. The second kappa shape index (κ2) is 7.15. The predicted octanol–water partition coefficient (Wildman–Crippen LogP) is 2.87. The van der Waals surface area contributed by atoms with Crippen LogP contribution in [0.5, 0.6) is 5.88 Å². The lowest BCUT2D eigenvalue weighted by Gasteiger charge is -2.10. The van der Waals surface area contributed by atoms with Crippen LogP contribution in [0.1, 0.15) is 21.6 Å². The number of hydrogen-bond donors (Lipinski definition) is 1. The van der Waals surface area contributed by atoms with Crippen molar-refractivity contribution in [3.8, 4) is 17.3 Å². The van der Waals surface area contributed by atoms with Crippen LogP contribution in [0.2, 0.25) is 0 Å². The summed E-state index contributed by atoms with van der Waals surface area (Å²) in [6.45, 7) is 2.15. The number of nitrogens with one attached hydrogen (secondary N) is 1. The maximum Gasteiger partial charge on any atom is 0.252 e. The molecular weight excluding hydrogens is 358 g/mol. The summed E-state index contributed by atoms with van der Waals surface area (Å²) in [7, 11) is 3.35. The van der Waals surface area contributed by atoms with Gasteiger partial charge in [0.05, 0.1) is 30.0 Å². The van der Waals surface area contributed by atoms with Crippen LogP contribution in [-0.4, -0.2) is 32.8 Å². The molecule has 0 radical (unpaired) electrons. The molecule has 4 aromatic rings. The SMILES string of the molecule is COc1ncccc1CNC(=O)c1cc(-c2ccco2)nc2c1c(C)nn2C. The topological polar surface area (TPSA) is 95.1 Å². The number of pyridine rings is 2. The van der Waals surface area contributed by atoms with Crippen molar-refractivity contribution in [1.82, 2.24) is 25.1 Å². The third-order valence-corrected chi connectivity index (χ3v) is 4.47. The monoisotopic (exact) mass is 377 g/mol. The number of fused-ring (bicyclic) bond motifs is 1. The number of aromatic nitrogens is 4. The number of methoxy groups -OCH3 is 1. The molecule has 0 spiro atoms. The molecule has 0 unspecified atom stereocenters. The summed E-state index contributed by atoms with van der Waals surface area (Å²) in [6.07, 6.45) is 3.22. The summed E-state index contributed by atoms with van der Waals surface area (Å²) in [6, 6.07) is 8.97. The van der Waals surface area contributed by atoms with Crippen molar-refractivity contribution in [2.45, 2.75) is 13.5 Å². The van der Waals surface area contributed by atoms with Gasteiger partial charge in [0, 0.05) is 25.4 Å². The Labute approximate surface area is 161 Å². The molecule has 142 valence electrons. The molecule has 28 heavy (non-hydrogen) atoms. The highest BCUT2D eigenvalue weighted by atomic mass is 16.5. The second-order valence-corrected chi connectivity index (χ2v) is 6.29. The van der Waals surface area contributed by atoms with E-state index in [1.54, 1.807) is 55.6 Å². The Balaban J connectivity index is 1.73. The first-order chi connectivity index (χ1) is 13.6. The maximum absolute atomic E-state index is 13.0. The van der Waals surface area contributed by atoms with Crippen molar-refractivity contribution >= 4 is 16.9 Å². The van der Waals surface area contributed by atoms with Crippen LogP contribution < -0.4 is 10.1 Å². The van der Waals surface area contributed by atoms with Crippen LogP contribution in [0, 0.1) is 6.92 Å². The lowest BCUT2D eigenvalue weighted by molar-refractivity contribution is 0.0952. The number of rotatable bonds is 5. The molecule has 8 heteroatoms. The van der Waals surface area contributed by atoms with E-state index in [0.29, 0.717) is 33.9 Å². The first-order valence-corrected chi connectivity index (χ1v) is 8.72. The third-order valence-electron chi connectivity index (χ3n) is 4.47. The number of amides is 1. The van der Waals surface area contributed by atoms with Gasteiger partial charge in [0.15, 0.2) is 11.4 Å². The number of ether oxygens (including phenoxy) is 1. The van der Waals surface area contributed by atoms with Gasteiger partial charge in [-0.1, -0.05) is 6.07 Å². The highest BCUT2D eigenvalue weighted by Crippen LogP contribution is 2.27. The van der Waals surface area contributed by atoms with Crippen molar-refractivity contribution in [2.75, 3.05) is 7.11 Å². The van der Waals surface area contributed by atoms with Crippen LogP contribution in [0.15, 0.2) is 47.2 Å². The number of carbonyl (C=O) groups excluding carboxylic acids is 1. The van der Waals surface area contributed by atoms with Crippen molar-refractivity contribution in [3.63, 3.8) is 0 Å². The quantitative estimate of drug-likeness (QED) is 0.575. The normalized spacial score (nSPS) is 11.0. The van der Waals surface area contributed by atoms with E-state index in [0.717, 1.165) is 11.3 Å². The average molecular weight is 377 g/mol. The Bertz CT molecular complexity index is 1150. The summed E-state index contributed by atoms with van der Waals surface area (Å²) >= 11 is 0. The molecule has 0 aromatic carbocycles. The molecule has 0 saturated heterocycles. The number of nitrogens with zero attached hydrogens (tertiary/aromatic N) is 4. The predicted molar refractivity (Wildman–Crippen MR) is 103 cm³/mol. The fourth-order valence-corrected chi connectivity index (χ4v) is 3.19. The van der Waals surface area contributed by atoms with Gasteiger partial charge in [0.25, 0.3) is 5.91 Å². The fourth-order valence-electron chi connectivity index (χ4n) is 3.19. The van der Waals surface area contributed by atoms with Gasteiger partial charge < -0.3 is 14.5 Å². The number of furan rings is 1. The zero-order chi connectivity index (χ0) is 19.7. The summed E-state index contributed by atoms with van der Waals surface area (Å²) in [5.41, 5.74) is 3.21. The molecule has 0 saturated carbocycles. The van der Waals surface area contributed by atoms with Gasteiger partial charge in [0.2, 0.25) is 5.88 Å². The van der Waals surface area contributed by atoms with E-state index in [2.05, 4.69) is 20.4 Å². The zero-order valence-corrected chi connectivity index (χ0v) is 15.8. The highest BCUT2D eigenvalue weighted by molar-refractivity contribution is 6.07. The average Bonchev–Trinajstić information content (AvgIpc) is 3.34. The van der Waals surface area contributed by atoms with Gasteiger partial charge in [-0.15, -0.1) is 0 Å². The number of aryl methyl sites for hydroxylation is 2. The smallest absolute Gasteiger partial charge is 0.252 e. The highest BCUT2D eigenvalue weighted by Gasteiger charge is 2.20. The van der Waals surface area contributed by atoms with E-state index in [1.165, 1.54) is 0 Å². The minimum absolute atomic E-state index is 0.234. The first kappa shape index (κ1) is 17.7. The minimum atomic E-state index is -0.234. The molecule has 0 aliphatic carbocycles. The molecule has 4 heterocycles. The van der Waals surface area contributed by atoms with Crippen molar-refractivity contribution < 1.29 is 13.9 Å². The lowest BCUT2D eigenvalue weighted by atomic mass is 10.1. The van der Waals surface area contributed by atoms with Crippen LogP contribution in [-0.2, 0) is 13.6 Å². The summed E-state index contributed by atoms with van der Waals surface area (Å²) in [5, 5.41) is 8.07. The van der Waals surface area contributed by atoms with Crippen LogP contribution >= 0.6 is 0 Å². The fraction of sp³-hybridized carbons (Fsp3) is 0.200. The van der Waals surface area contributed by atoms with Crippen LogP contribution in [0.3, 0.4) is 0 Å². The van der Waals surface area contributed by atoms with Crippen LogP contribution in [0.25, 0.3) is 22.5 Å². The van der Waals surface area contributed by atoms with E-state index in [4.69, 9.17) is 9.15 Å². The van der Waals surface area contributed by atoms with Crippen molar-refractivity contribution in [2.24, 2.45) is 7.05 Å². The summed E-state index contributed by atoms with van der Waals surface area (Å²) in [5.74, 6) is 0.836. The Hall–Kier alpha value is -3.68. The molecule has 0 aliphatic rings. The molecule has 0 aliphatic heterocycles. The summed E-state index contributed by atoms with van der Waals surface area (Å²) < 4.78 is 12.4. The molecule has 0 bridgehead atoms.